The van der Waals surface area contributed by atoms with Gasteiger partial charge >= 0.3 is 0 Å². The van der Waals surface area contributed by atoms with Gasteiger partial charge in [0.05, 0.1) is 0 Å². The first-order valence-electron chi connectivity index (χ1n) is 6.95. The van der Waals surface area contributed by atoms with Crippen molar-refractivity contribution in [2.24, 2.45) is 5.92 Å². The van der Waals surface area contributed by atoms with Crippen LogP contribution in [0.1, 0.15) is 44.1 Å². The van der Waals surface area contributed by atoms with Crippen LogP contribution in [0.5, 0.6) is 0 Å². The van der Waals surface area contributed by atoms with E-state index in [-0.39, 0.29) is 11.9 Å². The minimum Gasteiger partial charge on any atom is -0.349 e. The number of aromatic nitrogens is 2. The molecule has 0 bridgehead atoms. The number of anilines is 1. The zero-order valence-electron chi connectivity index (χ0n) is 11.9. The molecule has 0 radical (unpaired) electrons. The van der Waals surface area contributed by atoms with Crippen LogP contribution < -0.4 is 10.2 Å². The van der Waals surface area contributed by atoms with Gasteiger partial charge in [-0.2, -0.15) is 0 Å². The molecular formula is C14H22N4O. The Hall–Kier alpha value is -1.65. The predicted molar refractivity (Wildman–Crippen MR) is 75.2 cm³/mol. The molecule has 104 valence electrons. The Morgan fingerprint density at radius 2 is 2.32 bits per heavy atom. The zero-order chi connectivity index (χ0) is 13.8. The second-order valence-electron chi connectivity index (χ2n) is 5.56. The van der Waals surface area contributed by atoms with E-state index in [1.54, 1.807) is 12.3 Å². The molecule has 1 unspecified atom stereocenters. The van der Waals surface area contributed by atoms with Crippen LogP contribution >= 0.6 is 0 Å². The van der Waals surface area contributed by atoms with Crippen molar-refractivity contribution in [2.75, 3.05) is 18.0 Å². The lowest BCUT2D eigenvalue weighted by Crippen LogP contribution is -2.36. The number of nitrogens with zero attached hydrogens (tertiary/aromatic N) is 3. The van der Waals surface area contributed by atoms with Crippen molar-refractivity contribution in [1.29, 1.82) is 0 Å². The van der Waals surface area contributed by atoms with Gasteiger partial charge in [-0.1, -0.05) is 6.92 Å². The summed E-state index contributed by atoms with van der Waals surface area (Å²) in [5.74, 6) is 1.19. The SMILES string of the molecule is CC1CCCN(c2nccc(C(=O)NC(C)C)n2)C1. The quantitative estimate of drug-likeness (QED) is 0.903. The Bertz CT molecular complexity index is 447. The van der Waals surface area contributed by atoms with Gasteiger partial charge in [0.25, 0.3) is 5.91 Å². The van der Waals surface area contributed by atoms with E-state index >= 15 is 0 Å². The van der Waals surface area contributed by atoms with E-state index in [0.717, 1.165) is 19.5 Å². The number of hydrogen-bond acceptors (Lipinski definition) is 4. The van der Waals surface area contributed by atoms with Crippen molar-refractivity contribution >= 4 is 11.9 Å². The molecular weight excluding hydrogens is 240 g/mol. The van der Waals surface area contributed by atoms with E-state index in [2.05, 4.69) is 27.1 Å². The molecule has 1 aliphatic heterocycles. The van der Waals surface area contributed by atoms with Gasteiger partial charge in [-0.25, -0.2) is 9.97 Å². The third-order valence-corrected chi connectivity index (χ3v) is 3.24. The third-order valence-electron chi connectivity index (χ3n) is 3.24. The number of rotatable bonds is 3. The van der Waals surface area contributed by atoms with Crippen LogP contribution in [0, 0.1) is 5.92 Å². The number of carbonyl (C=O) groups excluding carboxylic acids is 1. The van der Waals surface area contributed by atoms with Gasteiger partial charge in [0.2, 0.25) is 5.95 Å². The summed E-state index contributed by atoms with van der Waals surface area (Å²) in [5.41, 5.74) is 0.442. The predicted octanol–water partition coefficient (Wildman–Crippen LogP) is 1.85. The fraction of sp³-hybridized carbons (Fsp3) is 0.643. The van der Waals surface area contributed by atoms with E-state index in [9.17, 15) is 4.79 Å². The third kappa shape index (κ3) is 3.66. The minimum atomic E-state index is -0.135. The molecule has 2 rings (SSSR count). The second-order valence-corrected chi connectivity index (χ2v) is 5.56. The molecule has 19 heavy (non-hydrogen) atoms. The molecule has 5 heteroatoms. The number of hydrogen-bond donors (Lipinski definition) is 1. The van der Waals surface area contributed by atoms with E-state index in [1.807, 2.05) is 13.8 Å². The van der Waals surface area contributed by atoms with Crippen molar-refractivity contribution in [3.8, 4) is 0 Å². The van der Waals surface area contributed by atoms with Crippen LogP contribution in [-0.4, -0.2) is 35.0 Å². The summed E-state index contributed by atoms with van der Waals surface area (Å²) in [7, 11) is 0. The van der Waals surface area contributed by atoms with Crippen molar-refractivity contribution in [1.82, 2.24) is 15.3 Å². The standard InChI is InChI=1S/C14H22N4O/c1-10(2)16-13(19)12-6-7-15-14(17-12)18-8-4-5-11(3)9-18/h6-7,10-11H,4-5,8-9H2,1-3H3,(H,16,19). The van der Waals surface area contributed by atoms with E-state index in [0.29, 0.717) is 17.6 Å². The molecule has 2 heterocycles. The highest BCUT2D eigenvalue weighted by atomic mass is 16.1. The van der Waals surface area contributed by atoms with E-state index in [1.165, 1.54) is 6.42 Å². The maximum Gasteiger partial charge on any atom is 0.270 e. The lowest BCUT2D eigenvalue weighted by molar-refractivity contribution is 0.0938. The Kier molecular flexibility index (Phi) is 4.35. The van der Waals surface area contributed by atoms with Gasteiger partial charge in [0.15, 0.2) is 0 Å². The second kappa shape index (κ2) is 5.99. The maximum atomic E-state index is 11.9. The summed E-state index contributed by atoms with van der Waals surface area (Å²) in [6, 6.07) is 1.77. The van der Waals surface area contributed by atoms with Gasteiger partial charge in [-0.05, 0) is 38.7 Å². The summed E-state index contributed by atoms with van der Waals surface area (Å²) < 4.78 is 0. The summed E-state index contributed by atoms with van der Waals surface area (Å²) in [4.78, 5) is 22.8. The zero-order valence-corrected chi connectivity index (χ0v) is 11.9. The van der Waals surface area contributed by atoms with Crippen molar-refractivity contribution in [3.63, 3.8) is 0 Å². The van der Waals surface area contributed by atoms with Crippen LogP contribution in [0.4, 0.5) is 5.95 Å². The summed E-state index contributed by atoms with van der Waals surface area (Å²) >= 11 is 0. The summed E-state index contributed by atoms with van der Waals surface area (Å²) in [5, 5.41) is 2.85. The van der Waals surface area contributed by atoms with Gasteiger partial charge in [0.1, 0.15) is 5.69 Å². The highest BCUT2D eigenvalue weighted by molar-refractivity contribution is 5.92. The highest BCUT2D eigenvalue weighted by Gasteiger charge is 2.19. The topological polar surface area (TPSA) is 58.1 Å². The number of piperidine rings is 1. The largest absolute Gasteiger partial charge is 0.349 e. The van der Waals surface area contributed by atoms with Crippen LogP contribution in [0.2, 0.25) is 0 Å². The maximum absolute atomic E-state index is 11.9. The Morgan fingerprint density at radius 3 is 3.00 bits per heavy atom. The first-order chi connectivity index (χ1) is 9.06. The highest BCUT2D eigenvalue weighted by Crippen LogP contribution is 2.19. The van der Waals surface area contributed by atoms with E-state index in [4.69, 9.17) is 0 Å². The molecule has 1 aromatic heterocycles. The molecule has 5 nitrogen and oxygen atoms in total. The van der Waals surface area contributed by atoms with Crippen LogP contribution in [0.3, 0.4) is 0 Å². The molecule has 1 fully saturated rings. The number of amides is 1. The molecule has 0 saturated carbocycles. The monoisotopic (exact) mass is 262 g/mol. The molecule has 1 aliphatic rings. The van der Waals surface area contributed by atoms with Crippen molar-refractivity contribution in [2.45, 2.75) is 39.7 Å². The van der Waals surface area contributed by atoms with E-state index < -0.39 is 0 Å². The molecule has 1 amide bonds. The average Bonchev–Trinajstić information content (AvgIpc) is 2.38. The normalized spacial score (nSPS) is 19.6. The first kappa shape index (κ1) is 13.8. The molecule has 0 aliphatic carbocycles. The molecule has 1 saturated heterocycles. The van der Waals surface area contributed by atoms with Gasteiger partial charge in [-0.15, -0.1) is 0 Å². The first-order valence-corrected chi connectivity index (χ1v) is 6.95. The molecule has 1 aromatic rings. The smallest absolute Gasteiger partial charge is 0.270 e. The number of carbonyl (C=O) groups is 1. The molecule has 1 N–H and O–H groups in total. The fourth-order valence-corrected chi connectivity index (χ4v) is 2.33. The fourth-order valence-electron chi connectivity index (χ4n) is 2.33. The molecule has 0 aromatic carbocycles. The van der Waals surface area contributed by atoms with Crippen LogP contribution in [0.15, 0.2) is 12.3 Å². The van der Waals surface area contributed by atoms with Gasteiger partial charge in [-0.3, -0.25) is 4.79 Å². The van der Waals surface area contributed by atoms with Gasteiger partial charge < -0.3 is 10.2 Å². The Balaban J connectivity index is 2.12. The summed E-state index contributed by atoms with van der Waals surface area (Å²) in [6.45, 7) is 8.05. The molecule has 1 atom stereocenters. The lowest BCUT2D eigenvalue weighted by Gasteiger charge is -2.30. The summed E-state index contributed by atoms with van der Waals surface area (Å²) in [6.07, 6.45) is 4.08. The Morgan fingerprint density at radius 1 is 1.53 bits per heavy atom. The van der Waals surface area contributed by atoms with Gasteiger partial charge in [0, 0.05) is 25.3 Å². The average molecular weight is 262 g/mol. The van der Waals surface area contributed by atoms with Crippen molar-refractivity contribution < 1.29 is 4.79 Å². The lowest BCUT2D eigenvalue weighted by atomic mass is 10.0. The van der Waals surface area contributed by atoms with Crippen molar-refractivity contribution in [3.05, 3.63) is 18.0 Å². The molecule has 0 spiro atoms. The van der Waals surface area contributed by atoms with Crippen LogP contribution in [-0.2, 0) is 0 Å². The minimum absolute atomic E-state index is 0.112. The number of nitrogens with one attached hydrogen (secondary N) is 1. The Labute approximate surface area is 114 Å². The van der Waals surface area contributed by atoms with Crippen LogP contribution in [0.25, 0.3) is 0 Å².